The molecule has 0 saturated carbocycles. The Balaban J connectivity index is 2.28. The molecule has 0 aliphatic carbocycles. The highest BCUT2D eigenvalue weighted by Crippen LogP contribution is 2.23. The van der Waals surface area contributed by atoms with Gasteiger partial charge in [0.25, 0.3) is 0 Å². The number of rotatable bonds is 1. The van der Waals surface area contributed by atoms with Crippen LogP contribution in [0.4, 0.5) is 0 Å². The summed E-state index contributed by atoms with van der Waals surface area (Å²) in [7, 11) is 0. The molecule has 1 aromatic rings. The predicted molar refractivity (Wildman–Crippen MR) is 47.7 cm³/mol. The summed E-state index contributed by atoms with van der Waals surface area (Å²) in [5.41, 5.74) is 1.23. The van der Waals surface area contributed by atoms with Crippen molar-refractivity contribution in [3.8, 4) is 5.75 Å². The lowest BCUT2D eigenvalue weighted by Gasteiger charge is -2.27. The van der Waals surface area contributed by atoms with E-state index in [2.05, 4.69) is 12.6 Å². The zero-order valence-corrected chi connectivity index (χ0v) is 6.86. The molecular formula is C10H11NO. The van der Waals surface area contributed by atoms with Crippen molar-refractivity contribution in [2.24, 2.45) is 0 Å². The summed E-state index contributed by atoms with van der Waals surface area (Å²) in [5.74, 6) is 0.996. The van der Waals surface area contributed by atoms with Crippen LogP contribution in [0.5, 0.6) is 5.75 Å². The van der Waals surface area contributed by atoms with Crippen LogP contribution in [0.25, 0.3) is 0 Å². The van der Waals surface area contributed by atoms with Gasteiger partial charge in [-0.2, -0.15) is 0 Å². The van der Waals surface area contributed by atoms with E-state index < -0.39 is 0 Å². The van der Waals surface area contributed by atoms with Crippen molar-refractivity contribution >= 4 is 0 Å². The molecule has 0 atom stereocenters. The first kappa shape index (κ1) is 7.22. The molecule has 1 aliphatic heterocycles. The number of hydrogen-bond acceptors (Lipinski definition) is 2. The third-order valence-electron chi connectivity index (χ3n) is 1.99. The lowest BCUT2D eigenvalue weighted by atomic mass is 10.2. The molecule has 1 aromatic carbocycles. The molecule has 0 radical (unpaired) electrons. The minimum absolute atomic E-state index is 0.612. The van der Waals surface area contributed by atoms with Crippen LogP contribution in [0.2, 0.25) is 0 Å². The summed E-state index contributed by atoms with van der Waals surface area (Å²) in [6, 6.07) is 8.08. The van der Waals surface area contributed by atoms with Crippen LogP contribution in [-0.4, -0.2) is 11.6 Å². The van der Waals surface area contributed by atoms with Crippen LogP contribution in [0.15, 0.2) is 37.0 Å². The predicted octanol–water partition coefficient (Wildman–Crippen LogP) is 1.98. The van der Waals surface area contributed by atoms with Gasteiger partial charge in [0.2, 0.25) is 0 Å². The first-order valence-corrected chi connectivity index (χ1v) is 3.97. The van der Waals surface area contributed by atoms with E-state index in [0.717, 1.165) is 12.3 Å². The first-order chi connectivity index (χ1) is 5.90. The lowest BCUT2D eigenvalue weighted by molar-refractivity contribution is 0.141. The van der Waals surface area contributed by atoms with Crippen molar-refractivity contribution in [2.75, 3.05) is 6.73 Å². The second kappa shape index (κ2) is 2.89. The Morgan fingerprint density at radius 2 is 2.25 bits per heavy atom. The van der Waals surface area contributed by atoms with Gasteiger partial charge in [0, 0.05) is 12.1 Å². The molecule has 0 N–H and O–H groups in total. The van der Waals surface area contributed by atoms with Crippen molar-refractivity contribution < 1.29 is 4.74 Å². The van der Waals surface area contributed by atoms with E-state index in [4.69, 9.17) is 4.74 Å². The van der Waals surface area contributed by atoms with Crippen LogP contribution in [0.3, 0.4) is 0 Å². The average Bonchev–Trinajstić information content (AvgIpc) is 2.17. The Morgan fingerprint density at radius 3 is 3.08 bits per heavy atom. The second-order valence-corrected chi connectivity index (χ2v) is 2.81. The van der Waals surface area contributed by atoms with Gasteiger partial charge in [0.15, 0.2) is 6.73 Å². The Hall–Kier alpha value is -1.44. The first-order valence-electron chi connectivity index (χ1n) is 3.97. The molecule has 2 heteroatoms. The van der Waals surface area contributed by atoms with Crippen LogP contribution in [0, 0.1) is 0 Å². The molecule has 62 valence electrons. The third-order valence-corrected chi connectivity index (χ3v) is 1.99. The molecule has 1 aliphatic rings. The maximum absolute atomic E-state index is 5.48. The van der Waals surface area contributed by atoms with E-state index in [1.807, 2.05) is 23.1 Å². The lowest BCUT2D eigenvalue weighted by Crippen LogP contribution is -2.26. The maximum atomic E-state index is 5.48. The summed E-state index contributed by atoms with van der Waals surface area (Å²) in [6.07, 6.45) is 1.80. The molecule has 0 aromatic heterocycles. The minimum Gasteiger partial charge on any atom is -0.473 e. The standard InChI is InChI=1S/C10H11NO/c1-2-11-7-9-5-3-4-6-10(9)12-8-11/h2-6H,1,7-8H2. The number of benzene rings is 1. The highest BCUT2D eigenvalue weighted by atomic mass is 16.5. The molecular weight excluding hydrogens is 150 g/mol. The quantitative estimate of drug-likeness (QED) is 0.624. The van der Waals surface area contributed by atoms with Gasteiger partial charge in [-0.1, -0.05) is 24.8 Å². The van der Waals surface area contributed by atoms with Gasteiger partial charge in [0.1, 0.15) is 5.75 Å². The van der Waals surface area contributed by atoms with Gasteiger partial charge in [0.05, 0.1) is 0 Å². The molecule has 0 unspecified atom stereocenters. The molecule has 0 spiro atoms. The highest BCUT2D eigenvalue weighted by molar-refractivity contribution is 5.34. The van der Waals surface area contributed by atoms with Crippen molar-refractivity contribution in [1.82, 2.24) is 4.90 Å². The molecule has 0 bridgehead atoms. The van der Waals surface area contributed by atoms with Crippen LogP contribution in [-0.2, 0) is 6.54 Å². The normalized spacial score (nSPS) is 14.8. The van der Waals surface area contributed by atoms with E-state index in [0.29, 0.717) is 6.73 Å². The van der Waals surface area contributed by atoms with Crippen molar-refractivity contribution in [3.05, 3.63) is 42.6 Å². The number of para-hydroxylation sites is 1. The number of nitrogens with zero attached hydrogens (tertiary/aromatic N) is 1. The van der Waals surface area contributed by atoms with Gasteiger partial charge in [-0.15, -0.1) is 0 Å². The van der Waals surface area contributed by atoms with Gasteiger partial charge in [-0.05, 0) is 12.3 Å². The Bertz CT molecular complexity index is 296. The van der Waals surface area contributed by atoms with Gasteiger partial charge >= 0.3 is 0 Å². The Kier molecular flexibility index (Phi) is 1.74. The molecule has 2 nitrogen and oxygen atoms in total. The fourth-order valence-corrected chi connectivity index (χ4v) is 1.31. The van der Waals surface area contributed by atoms with Gasteiger partial charge in [-0.3, -0.25) is 0 Å². The monoisotopic (exact) mass is 161 g/mol. The highest BCUT2D eigenvalue weighted by Gasteiger charge is 2.12. The molecule has 0 amide bonds. The van der Waals surface area contributed by atoms with Crippen LogP contribution < -0.4 is 4.74 Å². The minimum atomic E-state index is 0.612. The Labute approximate surface area is 72.1 Å². The number of fused-ring (bicyclic) bond motifs is 1. The van der Waals surface area contributed by atoms with E-state index in [9.17, 15) is 0 Å². The molecule has 2 rings (SSSR count). The summed E-state index contributed by atoms with van der Waals surface area (Å²) in [6.45, 7) is 5.22. The molecule has 0 fully saturated rings. The van der Waals surface area contributed by atoms with E-state index in [-0.39, 0.29) is 0 Å². The third kappa shape index (κ3) is 1.16. The molecule has 1 heterocycles. The van der Waals surface area contributed by atoms with E-state index in [1.165, 1.54) is 5.56 Å². The smallest absolute Gasteiger partial charge is 0.161 e. The summed E-state index contributed by atoms with van der Waals surface area (Å²) in [5, 5.41) is 0. The SMILES string of the molecule is C=CN1COc2ccccc2C1. The van der Waals surface area contributed by atoms with Gasteiger partial charge in [-0.25, -0.2) is 0 Å². The maximum Gasteiger partial charge on any atom is 0.161 e. The molecule has 12 heavy (non-hydrogen) atoms. The summed E-state index contributed by atoms with van der Waals surface area (Å²) >= 11 is 0. The number of hydrogen-bond donors (Lipinski definition) is 0. The van der Waals surface area contributed by atoms with E-state index in [1.54, 1.807) is 6.20 Å². The molecule has 0 saturated heterocycles. The fourth-order valence-electron chi connectivity index (χ4n) is 1.31. The van der Waals surface area contributed by atoms with Crippen molar-refractivity contribution in [3.63, 3.8) is 0 Å². The average molecular weight is 161 g/mol. The van der Waals surface area contributed by atoms with Crippen molar-refractivity contribution in [2.45, 2.75) is 6.54 Å². The fraction of sp³-hybridized carbons (Fsp3) is 0.200. The van der Waals surface area contributed by atoms with Crippen LogP contribution >= 0.6 is 0 Å². The zero-order valence-electron chi connectivity index (χ0n) is 6.86. The summed E-state index contributed by atoms with van der Waals surface area (Å²) < 4.78 is 5.48. The van der Waals surface area contributed by atoms with Crippen molar-refractivity contribution in [1.29, 1.82) is 0 Å². The summed E-state index contributed by atoms with van der Waals surface area (Å²) in [4.78, 5) is 2.03. The second-order valence-electron chi connectivity index (χ2n) is 2.81. The van der Waals surface area contributed by atoms with Crippen LogP contribution in [0.1, 0.15) is 5.56 Å². The van der Waals surface area contributed by atoms with E-state index >= 15 is 0 Å². The number of ether oxygens (including phenoxy) is 1. The zero-order chi connectivity index (χ0) is 8.39. The largest absolute Gasteiger partial charge is 0.473 e. The van der Waals surface area contributed by atoms with Gasteiger partial charge < -0.3 is 9.64 Å². The Morgan fingerprint density at radius 1 is 1.42 bits per heavy atom. The topological polar surface area (TPSA) is 12.5 Å².